The standard InChI is InChI=1S/3C12H12.3C8H10.6C4H8N2.9C2H6/c1-9-3-5-12-8-10(2)4-6-11(12)7-9;2*1-9-7-8-10(2)12-6-4-3-5-11(9)12;1-7-3-5-8(2)6-4-7;1-7-4-3-5-8(2)6-7;1-7-5-3-4-6-8(7)2;6*1-4(2)6-5-3;9*1-2/h3*3-8H,1-2H3;3*3-6H,1-2H3;6*3H2,1-2H3;9*1-2H3. The first-order valence-corrected chi connectivity index (χ1v) is 40.6. The number of hydrogen-bond acceptors (Lipinski definition) is 12. The molecule has 12 heteroatoms. The van der Waals surface area contributed by atoms with Gasteiger partial charge in [0.05, 0.1) is 0 Å². The van der Waals surface area contributed by atoms with E-state index in [1.165, 1.54) is 99.1 Å². The van der Waals surface area contributed by atoms with Gasteiger partial charge >= 0.3 is 0 Å². The maximum Gasteiger partial charge on any atom is 0.0343 e. The Hall–Kier alpha value is -10.2. The lowest BCUT2D eigenvalue weighted by atomic mass is 10.0. The highest BCUT2D eigenvalue weighted by molar-refractivity contribution is 5.89. The Labute approximate surface area is 703 Å². The Morgan fingerprint density at radius 3 is 0.482 bits per heavy atom. The Morgan fingerprint density at radius 1 is 0.175 bits per heavy atom. The van der Waals surface area contributed by atoms with Crippen LogP contribution in [0.15, 0.2) is 243 Å². The van der Waals surface area contributed by atoms with Crippen LogP contribution in [0.5, 0.6) is 0 Å². The summed E-state index contributed by atoms with van der Waals surface area (Å²) in [5.74, 6) is 0. The fraction of sp³-hybridized carbons (Fsp3) is 0.412. The Bertz CT molecular complexity index is 3480. The number of aryl methyl sites for hydroxylation is 12. The van der Waals surface area contributed by atoms with Gasteiger partial charge in [0, 0.05) is 74.6 Å². The fourth-order valence-electron chi connectivity index (χ4n) is 7.64. The van der Waals surface area contributed by atoms with Gasteiger partial charge in [0.1, 0.15) is 0 Å². The smallest absolute Gasteiger partial charge is 0.0343 e. The van der Waals surface area contributed by atoms with Crippen LogP contribution in [0.3, 0.4) is 0 Å². The van der Waals surface area contributed by atoms with Crippen molar-refractivity contribution in [2.75, 3.05) is 0 Å². The van der Waals surface area contributed by atoms with Crippen molar-refractivity contribution >= 4 is 107 Å². The van der Waals surface area contributed by atoms with Crippen LogP contribution in [0.4, 0.5) is 0 Å². The highest BCUT2D eigenvalue weighted by atomic mass is 15.2. The molecule has 0 aromatic heterocycles. The third-order valence-corrected chi connectivity index (χ3v) is 12.3. The van der Waals surface area contributed by atoms with Gasteiger partial charge in [-0.05, 0) is 232 Å². The number of fused-ring (bicyclic) bond motifs is 3. The summed E-state index contributed by atoms with van der Waals surface area (Å²) in [6.07, 6.45) is 0. The highest BCUT2D eigenvalue weighted by Gasteiger charge is 1.99. The predicted molar refractivity (Wildman–Crippen MR) is 540 cm³/mol. The predicted octanol–water partition coefficient (Wildman–Crippen LogP) is 33.0. The van der Waals surface area contributed by atoms with Gasteiger partial charge in [0.15, 0.2) is 0 Å². The minimum absolute atomic E-state index is 0.935. The first kappa shape index (κ1) is 130. The van der Waals surface area contributed by atoms with E-state index in [0.29, 0.717) is 0 Å². The maximum atomic E-state index is 3.56. The van der Waals surface area contributed by atoms with Crippen LogP contribution < -0.4 is 0 Å². The Balaban J connectivity index is -0.0000000986. The SMILES string of the molecule is C=NN=C(C)C.C=NN=C(C)C.C=NN=C(C)C.C=NN=C(C)C.C=NN=C(C)C.C=NN=C(C)C.CC.CC.CC.CC.CC.CC.CC.CC.CC.Cc1ccc(C)c2ccccc12.Cc1ccc(C)c2ccccc12.Cc1ccc(C)cc1.Cc1ccc2cc(C)ccc2c1.Cc1cccc(C)c1.Cc1ccccc1C. The van der Waals surface area contributed by atoms with E-state index in [1.807, 2.05) is 208 Å². The number of hydrogen-bond donors (Lipinski definition) is 0. The van der Waals surface area contributed by atoms with E-state index >= 15 is 0 Å². The molecule has 0 spiro atoms. The summed E-state index contributed by atoms with van der Waals surface area (Å²) in [6.45, 7) is 103. The Morgan fingerprint density at radius 2 is 0.342 bits per heavy atom. The van der Waals surface area contributed by atoms with Crippen molar-refractivity contribution in [1.29, 1.82) is 0 Å². The first-order valence-electron chi connectivity index (χ1n) is 40.6. The summed E-state index contributed by atoms with van der Waals surface area (Å²) < 4.78 is 0. The van der Waals surface area contributed by atoms with Crippen LogP contribution in [0, 0.1) is 83.1 Å². The third-order valence-electron chi connectivity index (χ3n) is 12.3. The van der Waals surface area contributed by atoms with Gasteiger partial charge in [-0.1, -0.05) is 340 Å². The van der Waals surface area contributed by atoms with Crippen LogP contribution in [-0.2, 0) is 0 Å². The summed E-state index contributed by atoms with van der Waals surface area (Å²) in [5.41, 5.74) is 21.8. The van der Waals surface area contributed by atoms with E-state index in [9.17, 15) is 0 Å². The molecule has 0 saturated heterocycles. The van der Waals surface area contributed by atoms with Crippen molar-refractivity contribution in [2.24, 2.45) is 61.2 Å². The second-order valence-corrected chi connectivity index (χ2v) is 23.4. The molecule has 636 valence electrons. The number of rotatable bonds is 6. The second-order valence-electron chi connectivity index (χ2n) is 23.4. The normalized spacial score (nSPS) is 7.95. The van der Waals surface area contributed by atoms with Crippen molar-refractivity contribution in [3.63, 3.8) is 0 Å². The van der Waals surface area contributed by atoms with Gasteiger partial charge in [-0.25, -0.2) is 0 Å². The quantitative estimate of drug-likeness (QED) is 0.115. The van der Waals surface area contributed by atoms with Crippen molar-refractivity contribution in [1.82, 2.24) is 0 Å². The molecule has 0 unspecified atom stereocenters. The average molecular weight is 1560 g/mol. The molecule has 0 saturated carbocycles. The van der Waals surface area contributed by atoms with Gasteiger partial charge in [-0.2, -0.15) is 61.2 Å². The lowest BCUT2D eigenvalue weighted by Gasteiger charge is -2.03. The number of benzene rings is 9. The molecular formula is C102H168N12. The summed E-state index contributed by atoms with van der Waals surface area (Å²) in [6, 6.07) is 64.2. The van der Waals surface area contributed by atoms with E-state index in [4.69, 9.17) is 0 Å². The minimum atomic E-state index is 0.935. The van der Waals surface area contributed by atoms with E-state index in [0.717, 1.165) is 34.3 Å². The molecule has 9 aromatic rings. The Kier molecular flexibility index (Phi) is 113. The molecule has 0 aliphatic heterocycles. The minimum Gasteiger partial charge on any atom is -0.167 e. The van der Waals surface area contributed by atoms with Gasteiger partial charge < -0.3 is 0 Å². The number of nitrogens with zero attached hydrogens (tertiary/aromatic N) is 12. The summed E-state index contributed by atoms with van der Waals surface area (Å²) in [4.78, 5) is 0. The van der Waals surface area contributed by atoms with Gasteiger partial charge in [0.2, 0.25) is 0 Å². The molecule has 0 aliphatic carbocycles. The van der Waals surface area contributed by atoms with Crippen molar-refractivity contribution in [3.8, 4) is 0 Å². The molecule has 12 nitrogen and oxygen atoms in total. The summed E-state index contributed by atoms with van der Waals surface area (Å²) in [5, 5.41) is 49.1. The first-order chi connectivity index (χ1) is 54.3. The molecule has 0 heterocycles. The van der Waals surface area contributed by atoms with Gasteiger partial charge in [-0.15, -0.1) is 0 Å². The largest absolute Gasteiger partial charge is 0.167 e. The molecule has 0 bridgehead atoms. The van der Waals surface area contributed by atoms with Crippen molar-refractivity contribution < 1.29 is 0 Å². The molecule has 0 amide bonds. The van der Waals surface area contributed by atoms with E-state index in [-0.39, 0.29) is 0 Å². The molecule has 0 aliphatic rings. The van der Waals surface area contributed by atoms with Crippen molar-refractivity contribution in [3.05, 3.63) is 249 Å². The maximum absolute atomic E-state index is 3.56. The molecule has 0 fully saturated rings. The zero-order valence-corrected chi connectivity index (χ0v) is 80.9. The van der Waals surface area contributed by atoms with Crippen LogP contribution in [0.1, 0.15) is 274 Å². The van der Waals surface area contributed by atoms with Crippen LogP contribution >= 0.6 is 0 Å². The molecule has 114 heavy (non-hydrogen) atoms. The molecule has 0 atom stereocenters. The van der Waals surface area contributed by atoms with Gasteiger partial charge in [-0.3, -0.25) is 0 Å². The molecular weight excluding hydrogens is 1390 g/mol. The van der Waals surface area contributed by atoms with Gasteiger partial charge in [0.25, 0.3) is 0 Å². The lowest BCUT2D eigenvalue weighted by Crippen LogP contribution is -1.80. The topological polar surface area (TPSA) is 148 Å². The van der Waals surface area contributed by atoms with E-state index < -0.39 is 0 Å². The highest BCUT2D eigenvalue weighted by Crippen LogP contribution is 2.23. The zero-order chi connectivity index (χ0) is 91.6. The lowest BCUT2D eigenvalue weighted by molar-refractivity contribution is 1.25. The van der Waals surface area contributed by atoms with E-state index in [2.05, 4.69) is 367 Å². The molecule has 9 aromatic carbocycles. The zero-order valence-electron chi connectivity index (χ0n) is 80.9. The average Bonchev–Trinajstić information content (AvgIpc) is 0.881. The molecule has 0 radical (unpaired) electrons. The van der Waals surface area contributed by atoms with E-state index in [1.54, 1.807) is 0 Å². The fourth-order valence-corrected chi connectivity index (χ4v) is 7.64. The molecule has 9 rings (SSSR count). The van der Waals surface area contributed by atoms with Crippen LogP contribution in [0.2, 0.25) is 0 Å². The second kappa shape index (κ2) is 98.9. The van der Waals surface area contributed by atoms with Crippen LogP contribution in [-0.4, -0.2) is 74.6 Å². The third kappa shape index (κ3) is 87.4. The molecule has 0 N–H and O–H groups in total. The monoisotopic (exact) mass is 1560 g/mol. The summed E-state index contributed by atoms with van der Waals surface area (Å²) >= 11 is 0. The van der Waals surface area contributed by atoms with Crippen LogP contribution in [0.25, 0.3) is 32.3 Å². The summed E-state index contributed by atoms with van der Waals surface area (Å²) in [7, 11) is 0. The van der Waals surface area contributed by atoms with Crippen molar-refractivity contribution in [2.45, 2.75) is 291 Å².